The molecule has 0 aromatic heterocycles. The van der Waals surface area contributed by atoms with Gasteiger partial charge in [0, 0.05) is 5.92 Å². The molecule has 0 aliphatic heterocycles. The van der Waals surface area contributed by atoms with E-state index in [1.54, 1.807) is 0 Å². The minimum atomic E-state index is 0.456. The first-order valence-electron chi connectivity index (χ1n) is 7.14. The van der Waals surface area contributed by atoms with E-state index in [1.165, 1.54) is 27.8 Å². The van der Waals surface area contributed by atoms with Gasteiger partial charge in [-0.1, -0.05) is 84.5 Å². The number of rotatable bonds is 2. The lowest BCUT2D eigenvalue weighted by Gasteiger charge is -2.06. The molecule has 2 aromatic rings. The van der Waals surface area contributed by atoms with Gasteiger partial charge in [0.15, 0.2) is 0 Å². The summed E-state index contributed by atoms with van der Waals surface area (Å²) >= 11 is 0. The summed E-state index contributed by atoms with van der Waals surface area (Å²) in [5.41, 5.74) is 7.00. The molecular formula is C20H16. The van der Waals surface area contributed by atoms with Gasteiger partial charge in [0.1, 0.15) is 0 Å². The van der Waals surface area contributed by atoms with Gasteiger partial charge in [-0.2, -0.15) is 0 Å². The summed E-state index contributed by atoms with van der Waals surface area (Å²) in [7, 11) is 0. The Balaban J connectivity index is 1.62. The van der Waals surface area contributed by atoms with Gasteiger partial charge in [0.2, 0.25) is 0 Å². The van der Waals surface area contributed by atoms with E-state index in [9.17, 15) is 0 Å². The molecule has 0 N–H and O–H groups in total. The highest BCUT2D eigenvalue weighted by Gasteiger charge is 2.20. The van der Waals surface area contributed by atoms with Crippen molar-refractivity contribution in [3.63, 3.8) is 0 Å². The largest absolute Gasteiger partial charge is 0.0729 e. The number of hydrogen-bond donors (Lipinski definition) is 0. The smallest absolute Gasteiger partial charge is 0.0176 e. The van der Waals surface area contributed by atoms with Crippen molar-refractivity contribution in [2.75, 3.05) is 0 Å². The van der Waals surface area contributed by atoms with Crippen molar-refractivity contribution in [1.29, 1.82) is 0 Å². The summed E-state index contributed by atoms with van der Waals surface area (Å²) in [6.07, 6.45) is 10.4. The third-order valence-corrected chi connectivity index (χ3v) is 4.17. The SMILES string of the molecule is C1=CC(C2=Cc3ccccc3C2)C=C1c1ccccc1. The van der Waals surface area contributed by atoms with Crippen LogP contribution in [0.1, 0.15) is 16.7 Å². The molecule has 96 valence electrons. The Bertz CT molecular complexity index is 730. The molecule has 4 rings (SSSR count). The van der Waals surface area contributed by atoms with Crippen LogP contribution >= 0.6 is 0 Å². The lowest BCUT2D eigenvalue weighted by molar-refractivity contribution is 0.945. The average Bonchev–Trinajstić information content (AvgIpc) is 3.14. The maximum atomic E-state index is 2.38. The molecule has 0 amide bonds. The van der Waals surface area contributed by atoms with E-state index < -0.39 is 0 Å². The molecule has 2 aliphatic rings. The average molecular weight is 256 g/mol. The molecule has 0 heteroatoms. The fraction of sp³-hybridized carbons (Fsp3) is 0.100. The highest BCUT2D eigenvalue weighted by Crippen LogP contribution is 2.35. The molecule has 20 heavy (non-hydrogen) atoms. The zero-order valence-corrected chi connectivity index (χ0v) is 11.3. The second kappa shape index (κ2) is 4.64. The molecule has 0 saturated carbocycles. The van der Waals surface area contributed by atoms with Crippen molar-refractivity contribution in [3.8, 4) is 0 Å². The fourth-order valence-corrected chi connectivity index (χ4v) is 3.09. The van der Waals surface area contributed by atoms with Gasteiger partial charge in [0.05, 0.1) is 0 Å². The summed E-state index contributed by atoms with van der Waals surface area (Å²) in [5.74, 6) is 0.456. The summed E-state index contributed by atoms with van der Waals surface area (Å²) in [6.45, 7) is 0. The maximum Gasteiger partial charge on any atom is 0.0176 e. The molecule has 0 fully saturated rings. The van der Waals surface area contributed by atoms with E-state index in [-0.39, 0.29) is 0 Å². The Labute approximate surface area is 119 Å². The minimum Gasteiger partial charge on any atom is -0.0729 e. The lowest BCUT2D eigenvalue weighted by Crippen LogP contribution is -1.95. The Morgan fingerprint density at radius 3 is 2.50 bits per heavy atom. The molecule has 0 nitrogen and oxygen atoms in total. The minimum absolute atomic E-state index is 0.456. The zero-order valence-electron chi connectivity index (χ0n) is 11.3. The van der Waals surface area contributed by atoms with Gasteiger partial charge in [-0.25, -0.2) is 0 Å². The van der Waals surface area contributed by atoms with Crippen LogP contribution in [0.3, 0.4) is 0 Å². The first kappa shape index (κ1) is 11.5. The van der Waals surface area contributed by atoms with Crippen molar-refractivity contribution in [3.05, 3.63) is 95.1 Å². The quantitative estimate of drug-likeness (QED) is 0.717. The Morgan fingerprint density at radius 2 is 1.65 bits per heavy atom. The second-order valence-electron chi connectivity index (χ2n) is 5.47. The van der Waals surface area contributed by atoms with Crippen LogP contribution in [-0.4, -0.2) is 0 Å². The molecule has 0 saturated heterocycles. The van der Waals surface area contributed by atoms with E-state index >= 15 is 0 Å². The first-order valence-corrected chi connectivity index (χ1v) is 7.14. The van der Waals surface area contributed by atoms with E-state index in [1.807, 2.05) is 0 Å². The van der Waals surface area contributed by atoms with Crippen LogP contribution in [0, 0.1) is 5.92 Å². The van der Waals surface area contributed by atoms with Crippen molar-refractivity contribution >= 4 is 11.6 Å². The van der Waals surface area contributed by atoms with Crippen LogP contribution in [-0.2, 0) is 6.42 Å². The molecule has 2 aromatic carbocycles. The molecule has 1 atom stereocenters. The van der Waals surface area contributed by atoms with E-state index in [0.717, 1.165) is 6.42 Å². The monoisotopic (exact) mass is 256 g/mol. The number of benzene rings is 2. The van der Waals surface area contributed by atoms with Crippen LogP contribution in [0.5, 0.6) is 0 Å². The van der Waals surface area contributed by atoms with Crippen LogP contribution in [0.2, 0.25) is 0 Å². The topological polar surface area (TPSA) is 0 Å². The molecule has 2 aliphatic carbocycles. The highest BCUT2D eigenvalue weighted by atomic mass is 14.2. The third-order valence-electron chi connectivity index (χ3n) is 4.17. The number of hydrogen-bond acceptors (Lipinski definition) is 0. The Kier molecular flexibility index (Phi) is 2.67. The molecule has 0 heterocycles. The number of fused-ring (bicyclic) bond motifs is 1. The van der Waals surface area contributed by atoms with Crippen molar-refractivity contribution in [1.82, 2.24) is 0 Å². The van der Waals surface area contributed by atoms with E-state index in [0.29, 0.717) is 5.92 Å². The van der Waals surface area contributed by atoms with Crippen LogP contribution in [0.25, 0.3) is 11.6 Å². The molecule has 0 bridgehead atoms. The first-order chi connectivity index (χ1) is 9.90. The van der Waals surface area contributed by atoms with Gasteiger partial charge in [-0.15, -0.1) is 0 Å². The number of allylic oxidation sites excluding steroid dienone is 5. The highest BCUT2D eigenvalue weighted by molar-refractivity contribution is 5.78. The standard InChI is InChI=1S/C20H16/c1-2-6-15(7-3-1)18-10-11-19(12-18)20-13-16-8-4-5-9-17(16)14-20/h1-13,19H,14H2. The van der Waals surface area contributed by atoms with Gasteiger partial charge < -0.3 is 0 Å². The summed E-state index contributed by atoms with van der Waals surface area (Å²) in [4.78, 5) is 0. The van der Waals surface area contributed by atoms with Crippen LogP contribution in [0.15, 0.2) is 78.4 Å². The molecule has 0 radical (unpaired) electrons. The fourth-order valence-electron chi connectivity index (χ4n) is 3.09. The molecular weight excluding hydrogens is 240 g/mol. The van der Waals surface area contributed by atoms with E-state index in [4.69, 9.17) is 0 Å². The summed E-state index contributed by atoms with van der Waals surface area (Å²) in [5, 5.41) is 0. The third kappa shape index (κ3) is 1.94. The van der Waals surface area contributed by atoms with Crippen molar-refractivity contribution in [2.24, 2.45) is 5.92 Å². The van der Waals surface area contributed by atoms with Crippen LogP contribution in [0.4, 0.5) is 0 Å². The summed E-state index contributed by atoms with van der Waals surface area (Å²) < 4.78 is 0. The zero-order chi connectivity index (χ0) is 13.4. The molecule has 1 unspecified atom stereocenters. The van der Waals surface area contributed by atoms with E-state index in [2.05, 4.69) is 78.9 Å². The normalized spacial score (nSPS) is 19.7. The second-order valence-corrected chi connectivity index (χ2v) is 5.47. The van der Waals surface area contributed by atoms with Gasteiger partial charge in [-0.05, 0) is 28.7 Å². The van der Waals surface area contributed by atoms with Crippen molar-refractivity contribution in [2.45, 2.75) is 6.42 Å². The Hall–Kier alpha value is -2.34. The van der Waals surface area contributed by atoms with Gasteiger partial charge in [-0.3, -0.25) is 0 Å². The van der Waals surface area contributed by atoms with Crippen LogP contribution < -0.4 is 0 Å². The predicted molar refractivity (Wildman–Crippen MR) is 85.2 cm³/mol. The van der Waals surface area contributed by atoms with Gasteiger partial charge >= 0.3 is 0 Å². The predicted octanol–water partition coefficient (Wildman–Crippen LogP) is 4.90. The molecule has 0 spiro atoms. The van der Waals surface area contributed by atoms with Gasteiger partial charge in [0.25, 0.3) is 0 Å². The maximum absolute atomic E-state index is 2.38. The van der Waals surface area contributed by atoms with Crippen molar-refractivity contribution < 1.29 is 0 Å². The summed E-state index contributed by atoms with van der Waals surface area (Å²) in [6, 6.07) is 19.3. The Morgan fingerprint density at radius 1 is 0.850 bits per heavy atom. The lowest BCUT2D eigenvalue weighted by atomic mass is 9.98.